The third-order valence-electron chi connectivity index (χ3n) is 10.1. The normalized spacial score (nSPS) is 21.9. The Hall–Kier alpha value is -2.96. The summed E-state index contributed by atoms with van der Waals surface area (Å²) in [5.74, 6) is 0.868. The molecule has 1 saturated carbocycles. The van der Waals surface area contributed by atoms with Gasteiger partial charge in [0.1, 0.15) is 6.04 Å². The highest BCUT2D eigenvalue weighted by molar-refractivity contribution is 5.74. The van der Waals surface area contributed by atoms with Crippen molar-refractivity contribution in [2.24, 2.45) is 5.92 Å². The lowest BCUT2D eigenvalue weighted by atomic mass is 9.81. The summed E-state index contributed by atoms with van der Waals surface area (Å²) in [6.45, 7) is 8.68. The van der Waals surface area contributed by atoms with Gasteiger partial charge in [-0.25, -0.2) is 0 Å². The van der Waals surface area contributed by atoms with Crippen molar-refractivity contribution >= 4 is 5.97 Å². The number of aliphatic carboxylic acids is 1. The second-order valence-corrected chi connectivity index (χ2v) is 13.3. The highest BCUT2D eigenvalue weighted by Crippen LogP contribution is 2.35. The third-order valence-corrected chi connectivity index (χ3v) is 10.1. The predicted octanol–water partition coefficient (Wildman–Crippen LogP) is 7.05. The lowest BCUT2D eigenvalue weighted by molar-refractivity contribution is -0.145. The van der Waals surface area contributed by atoms with Gasteiger partial charge in [0.15, 0.2) is 0 Å². The topological polar surface area (TPSA) is 72.5 Å². The summed E-state index contributed by atoms with van der Waals surface area (Å²) in [5.41, 5.74) is 5.06. The Morgan fingerprint density at radius 1 is 0.881 bits per heavy atom. The highest BCUT2D eigenvalue weighted by atomic mass is 16.4. The van der Waals surface area contributed by atoms with E-state index in [0.29, 0.717) is 17.8 Å². The number of H-pyrrole nitrogens is 1. The molecule has 0 amide bonds. The van der Waals surface area contributed by atoms with Crippen LogP contribution in [0, 0.1) is 5.92 Å². The summed E-state index contributed by atoms with van der Waals surface area (Å²) < 4.78 is 0. The predicted molar refractivity (Wildman–Crippen MR) is 170 cm³/mol. The van der Waals surface area contributed by atoms with Gasteiger partial charge in [0, 0.05) is 23.6 Å². The van der Waals surface area contributed by atoms with Crippen LogP contribution < -0.4 is 0 Å². The standard InChI is InChI=1S/C18H25N3.C18H25NO2/c1-18(2,15-7-5-4-6-8-15)17-13-16(19-20-17)14-9-11-21(3)12-10-14;20-18(21)17(15-9-5-2-6-10-15)19-12-11-16(13-19)14-7-3-1-4-8-14/h4-8,13-14H,9-12H2,1-3H3,(H,19,20);1,3-4,7-8,15-17H,2,5-6,9-13H2,(H,20,21)/t;16-,17-/m.1/s1. The SMILES string of the molecule is CN1CCC(c2cc(C(C)(C)c3ccccc3)n[nH]2)CC1.O=C(O)[C@@H](C1CCCCC1)N1CC[C@@H](c2ccccc2)C1. The number of carbonyl (C=O) groups is 1. The number of carboxylic acids is 1. The van der Waals surface area contributed by atoms with Crippen molar-refractivity contribution in [2.45, 2.75) is 88.5 Å². The van der Waals surface area contributed by atoms with Gasteiger partial charge in [-0.3, -0.25) is 14.8 Å². The lowest BCUT2D eigenvalue weighted by Crippen LogP contribution is -2.45. The molecular weight excluding hydrogens is 520 g/mol. The molecule has 0 spiro atoms. The maximum atomic E-state index is 11.8. The fourth-order valence-electron chi connectivity index (χ4n) is 7.33. The van der Waals surface area contributed by atoms with Crippen LogP contribution in [0.3, 0.4) is 0 Å². The first-order valence-corrected chi connectivity index (χ1v) is 16.1. The van der Waals surface area contributed by atoms with Gasteiger partial charge in [-0.2, -0.15) is 5.10 Å². The summed E-state index contributed by atoms with van der Waals surface area (Å²) in [6, 6.07) is 23.2. The Bertz CT molecular complexity index is 1240. The molecule has 3 heterocycles. The zero-order valence-electron chi connectivity index (χ0n) is 25.8. The number of aromatic amines is 1. The number of hydrogen-bond acceptors (Lipinski definition) is 4. The number of nitrogens with one attached hydrogen (secondary N) is 1. The minimum absolute atomic E-state index is 0.0541. The number of piperidine rings is 1. The summed E-state index contributed by atoms with van der Waals surface area (Å²) >= 11 is 0. The van der Waals surface area contributed by atoms with E-state index in [2.05, 4.69) is 102 Å². The molecular formula is C36H50N4O2. The molecule has 3 aromatic rings. The second kappa shape index (κ2) is 14.0. The molecule has 3 fully saturated rings. The van der Waals surface area contributed by atoms with E-state index in [9.17, 15) is 9.90 Å². The second-order valence-electron chi connectivity index (χ2n) is 13.3. The summed E-state index contributed by atoms with van der Waals surface area (Å²) in [7, 11) is 2.20. The molecule has 2 N–H and O–H groups in total. The highest BCUT2D eigenvalue weighted by Gasteiger charge is 2.38. The summed E-state index contributed by atoms with van der Waals surface area (Å²) in [5, 5.41) is 17.6. The van der Waals surface area contributed by atoms with Crippen molar-refractivity contribution in [3.05, 3.63) is 89.2 Å². The van der Waals surface area contributed by atoms with E-state index in [1.807, 2.05) is 6.07 Å². The van der Waals surface area contributed by atoms with Gasteiger partial charge >= 0.3 is 5.97 Å². The van der Waals surface area contributed by atoms with Crippen LogP contribution in [0.25, 0.3) is 0 Å². The molecule has 2 atom stereocenters. The van der Waals surface area contributed by atoms with Crippen molar-refractivity contribution in [2.75, 3.05) is 33.2 Å². The van der Waals surface area contributed by atoms with E-state index in [4.69, 9.17) is 0 Å². The number of likely N-dealkylation sites (tertiary alicyclic amines) is 2. The molecule has 0 radical (unpaired) electrons. The number of carboxylic acid groups (broad SMARTS) is 1. The molecule has 2 aromatic carbocycles. The van der Waals surface area contributed by atoms with Crippen LogP contribution in [0.1, 0.15) is 99.6 Å². The van der Waals surface area contributed by atoms with Crippen molar-refractivity contribution in [1.29, 1.82) is 0 Å². The van der Waals surface area contributed by atoms with Crippen LogP contribution in [-0.4, -0.2) is 70.3 Å². The minimum atomic E-state index is -0.615. The molecule has 0 unspecified atom stereocenters. The molecule has 2 aliphatic heterocycles. The number of rotatable bonds is 7. The first-order valence-electron chi connectivity index (χ1n) is 16.1. The van der Waals surface area contributed by atoms with Crippen molar-refractivity contribution in [3.8, 4) is 0 Å². The van der Waals surface area contributed by atoms with Crippen LogP contribution in [0.15, 0.2) is 66.7 Å². The van der Waals surface area contributed by atoms with Gasteiger partial charge in [0.25, 0.3) is 0 Å². The number of aromatic nitrogens is 2. The Balaban J connectivity index is 0.000000168. The Kier molecular flexibility index (Phi) is 10.2. The molecule has 1 aromatic heterocycles. The largest absolute Gasteiger partial charge is 0.480 e. The van der Waals surface area contributed by atoms with Gasteiger partial charge < -0.3 is 10.0 Å². The monoisotopic (exact) mass is 570 g/mol. The Morgan fingerprint density at radius 2 is 1.50 bits per heavy atom. The van der Waals surface area contributed by atoms with Gasteiger partial charge in [-0.1, -0.05) is 93.8 Å². The molecule has 6 nitrogen and oxygen atoms in total. The van der Waals surface area contributed by atoms with Crippen molar-refractivity contribution < 1.29 is 9.90 Å². The molecule has 42 heavy (non-hydrogen) atoms. The van der Waals surface area contributed by atoms with E-state index in [-0.39, 0.29) is 11.5 Å². The molecule has 6 heteroatoms. The van der Waals surface area contributed by atoms with Gasteiger partial charge in [-0.15, -0.1) is 0 Å². The third kappa shape index (κ3) is 7.33. The van der Waals surface area contributed by atoms with Gasteiger partial charge in [0.05, 0.1) is 5.69 Å². The first kappa shape index (κ1) is 30.5. The van der Waals surface area contributed by atoms with E-state index in [1.54, 1.807) is 0 Å². The van der Waals surface area contributed by atoms with E-state index in [0.717, 1.165) is 38.0 Å². The van der Waals surface area contributed by atoms with Crippen LogP contribution >= 0.6 is 0 Å². The van der Waals surface area contributed by atoms with E-state index in [1.165, 1.54) is 62.0 Å². The quantitative estimate of drug-likeness (QED) is 0.318. The smallest absolute Gasteiger partial charge is 0.321 e. The van der Waals surface area contributed by atoms with Gasteiger partial charge in [-0.05, 0) is 87.8 Å². The fourth-order valence-corrected chi connectivity index (χ4v) is 7.33. The van der Waals surface area contributed by atoms with Crippen LogP contribution in [0.2, 0.25) is 0 Å². The summed E-state index contributed by atoms with van der Waals surface area (Å²) in [6.07, 6.45) is 9.38. The molecule has 3 aliphatic rings. The lowest BCUT2D eigenvalue weighted by Gasteiger charge is -2.33. The average Bonchev–Trinajstić information content (AvgIpc) is 3.71. The maximum Gasteiger partial charge on any atom is 0.321 e. The Labute approximate surface area is 252 Å². The van der Waals surface area contributed by atoms with E-state index < -0.39 is 5.97 Å². The Morgan fingerprint density at radius 3 is 2.14 bits per heavy atom. The number of hydrogen-bond donors (Lipinski definition) is 2. The summed E-state index contributed by atoms with van der Waals surface area (Å²) in [4.78, 5) is 16.4. The van der Waals surface area contributed by atoms with Crippen molar-refractivity contribution in [3.63, 3.8) is 0 Å². The zero-order valence-corrected chi connectivity index (χ0v) is 25.8. The molecule has 1 aliphatic carbocycles. The van der Waals surface area contributed by atoms with Gasteiger partial charge in [0.2, 0.25) is 0 Å². The van der Waals surface area contributed by atoms with E-state index >= 15 is 0 Å². The molecule has 6 rings (SSSR count). The van der Waals surface area contributed by atoms with Crippen LogP contribution in [0.5, 0.6) is 0 Å². The molecule has 226 valence electrons. The van der Waals surface area contributed by atoms with Crippen LogP contribution in [-0.2, 0) is 10.2 Å². The number of nitrogens with zero attached hydrogens (tertiary/aromatic N) is 3. The zero-order chi connectivity index (χ0) is 29.5. The number of benzene rings is 2. The maximum absolute atomic E-state index is 11.8. The minimum Gasteiger partial charge on any atom is -0.480 e. The fraction of sp³-hybridized carbons (Fsp3) is 0.556. The van der Waals surface area contributed by atoms with Crippen LogP contribution in [0.4, 0.5) is 0 Å². The molecule has 2 saturated heterocycles. The van der Waals surface area contributed by atoms with Crippen molar-refractivity contribution in [1.82, 2.24) is 20.0 Å². The molecule has 0 bridgehead atoms. The first-order chi connectivity index (χ1) is 20.3. The average molecular weight is 571 g/mol.